The Labute approximate surface area is 99.1 Å². The number of nitrogens with one attached hydrogen (secondary N) is 2. The van der Waals surface area contributed by atoms with Crippen LogP contribution in [0.15, 0.2) is 0 Å². The van der Waals surface area contributed by atoms with Crippen molar-refractivity contribution in [3.05, 3.63) is 0 Å². The van der Waals surface area contributed by atoms with Crippen molar-refractivity contribution in [3.63, 3.8) is 0 Å². The molecule has 1 rings (SSSR count). The lowest BCUT2D eigenvalue weighted by molar-refractivity contribution is -0.144. The van der Waals surface area contributed by atoms with Gasteiger partial charge in [-0.15, -0.1) is 0 Å². The van der Waals surface area contributed by atoms with Gasteiger partial charge in [0, 0.05) is 6.92 Å². The van der Waals surface area contributed by atoms with Crippen LogP contribution in [-0.4, -0.2) is 46.9 Å². The summed E-state index contributed by atoms with van der Waals surface area (Å²) in [6.07, 6.45) is 0.754. The van der Waals surface area contributed by atoms with Crippen molar-refractivity contribution in [1.82, 2.24) is 15.8 Å². The normalized spacial score (nSPS) is 24.4. The van der Waals surface area contributed by atoms with Crippen molar-refractivity contribution in [1.29, 1.82) is 0 Å². The molecular formula is C10H17N3O4. The van der Waals surface area contributed by atoms with E-state index < -0.39 is 17.9 Å². The molecule has 96 valence electrons. The third-order valence-electron chi connectivity index (χ3n) is 2.78. The minimum absolute atomic E-state index is 0.0262. The van der Waals surface area contributed by atoms with Crippen molar-refractivity contribution < 1.29 is 19.5 Å². The number of likely N-dealkylation sites (tertiary alicyclic amines) is 1. The van der Waals surface area contributed by atoms with Gasteiger partial charge in [0.2, 0.25) is 5.91 Å². The third kappa shape index (κ3) is 3.70. The minimum atomic E-state index is -0.915. The molecule has 2 atom stereocenters. The van der Waals surface area contributed by atoms with Crippen molar-refractivity contribution in [2.24, 2.45) is 5.92 Å². The van der Waals surface area contributed by atoms with E-state index in [1.807, 2.05) is 6.92 Å². The number of carbonyl (C=O) groups excluding carboxylic acids is 2. The number of carboxylic acid groups (broad SMARTS) is 1. The molecule has 2 amide bonds. The maximum atomic E-state index is 11.4. The van der Waals surface area contributed by atoms with Crippen molar-refractivity contribution >= 4 is 17.8 Å². The highest BCUT2D eigenvalue weighted by Gasteiger charge is 2.37. The van der Waals surface area contributed by atoms with E-state index in [0.717, 1.165) is 6.42 Å². The highest BCUT2D eigenvalue weighted by Crippen LogP contribution is 2.23. The first-order valence-electron chi connectivity index (χ1n) is 5.44. The quantitative estimate of drug-likeness (QED) is 0.549. The van der Waals surface area contributed by atoms with E-state index in [1.165, 1.54) is 6.92 Å². The summed E-state index contributed by atoms with van der Waals surface area (Å²) >= 11 is 0. The van der Waals surface area contributed by atoms with Gasteiger partial charge in [-0.2, -0.15) is 0 Å². The molecule has 0 spiro atoms. The Morgan fingerprint density at radius 2 is 2.00 bits per heavy atom. The molecule has 0 aliphatic carbocycles. The monoisotopic (exact) mass is 243 g/mol. The van der Waals surface area contributed by atoms with Crippen molar-refractivity contribution in [3.8, 4) is 0 Å². The molecule has 0 saturated carbocycles. The maximum Gasteiger partial charge on any atom is 0.321 e. The van der Waals surface area contributed by atoms with Gasteiger partial charge in [0.25, 0.3) is 5.91 Å². The minimum Gasteiger partial charge on any atom is -0.480 e. The lowest BCUT2D eigenvalue weighted by atomic mass is 10.0. The Morgan fingerprint density at radius 3 is 2.53 bits per heavy atom. The second-order valence-electron chi connectivity index (χ2n) is 4.25. The van der Waals surface area contributed by atoms with Gasteiger partial charge < -0.3 is 5.11 Å². The van der Waals surface area contributed by atoms with E-state index in [2.05, 4.69) is 10.9 Å². The summed E-state index contributed by atoms with van der Waals surface area (Å²) in [5, 5.41) is 9.04. The second kappa shape index (κ2) is 5.62. The molecule has 1 heterocycles. The Morgan fingerprint density at radius 1 is 1.35 bits per heavy atom. The summed E-state index contributed by atoms with van der Waals surface area (Å²) in [6, 6.07) is -0.627. The van der Waals surface area contributed by atoms with E-state index in [0.29, 0.717) is 6.54 Å². The van der Waals surface area contributed by atoms with Crippen LogP contribution in [0.1, 0.15) is 20.3 Å². The first-order valence-corrected chi connectivity index (χ1v) is 5.44. The standard InChI is InChI=1S/C10H17N3O4/c1-6-3-4-13(9(6)10(16)17)5-8(15)12-11-7(2)14/h6,9H,3-5H2,1-2H3,(H,11,14)(H,12,15)(H,16,17). The Kier molecular flexibility index (Phi) is 4.45. The fourth-order valence-corrected chi connectivity index (χ4v) is 1.98. The van der Waals surface area contributed by atoms with Crippen LogP contribution in [0.2, 0.25) is 0 Å². The molecule has 0 aromatic heterocycles. The van der Waals surface area contributed by atoms with E-state index in [-0.39, 0.29) is 18.4 Å². The number of nitrogens with zero attached hydrogens (tertiary/aromatic N) is 1. The topological polar surface area (TPSA) is 98.7 Å². The molecule has 0 aromatic rings. The van der Waals surface area contributed by atoms with Gasteiger partial charge in [-0.1, -0.05) is 6.92 Å². The molecule has 1 aliphatic rings. The first-order chi connectivity index (χ1) is 7.91. The molecule has 1 saturated heterocycles. The zero-order chi connectivity index (χ0) is 13.0. The summed E-state index contributed by atoms with van der Waals surface area (Å²) in [7, 11) is 0. The maximum absolute atomic E-state index is 11.4. The predicted octanol–water partition coefficient (Wildman–Crippen LogP) is -1.05. The van der Waals surface area contributed by atoms with Crippen LogP contribution in [0, 0.1) is 5.92 Å². The van der Waals surface area contributed by atoms with Crippen molar-refractivity contribution in [2.75, 3.05) is 13.1 Å². The Hall–Kier alpha value is -1.63. The summed E-state index contributed by atoms with van der Waals surface area (Å²) in [5.74, 6) is -1.67. The van der Waals surface area contributed by atoms with Crippen LogP contribution >= 0.6 is 0 Å². The molecule has 7 nitrogen and oxygen atoms in total. The van der Waals surface area contributed by atoms with Crippen LogP contribution in [0.4, 0.5) is 0 Å². The van der Waals surface area contributed by atoms with Gasteiger partial charge in [0.05, 0.1) is 6.54 Å². The van der Waals surface area contributed by atoms with Gasteiger partial charge in [-0.05, 0) is 18.9 Å². The SMILES string of the molecule is CC(=O)NNC(=O)CN1CCC(C)C1C(=O)O. The molecule has 0 radical (unpaired) electrons. The van der Waals surface area contributed by atoms with Crippen LogP contribution in [0.3, 0.4) is 0 Å². The molecule has 3 N–H and O–H groups in total. The molecule has 2 unspecified atom stereocenters. The number of hydrogen-bond acceptors (Lipinski definition) is 4. The lowest BCUT2D eigenvalue weighted by Gasteiger charge is -2.22. The first kappa shape index (κ1) is 13.4. The molecule has 1 aliphatic heterocycles. The highest BCUT2D eigenvalue weighted by atomic mass is 16.4. The fraction of sp³-hybridized carbons (Fsp3) is 0.700. The van der Waals surface area contributed by atoms with Crippen molar-refractivity contribution in [2.45, 2.75) is 26.3 Å². The largest absolute Gasteiger partial charge is 0.480 e. The number of carbonyl (C=O) groups is 3. The fourth-order valence-electron chi connectivity index (χ4n) is 1.98. The Balaban J connectivity index is 2.47. The van der Waals surface area contributed by atoms with Crippen LogP contribution < -0.4 is 10.9 Å². The summed E-state index contributed by atoms with van der Waals surface area (Å²) in [6.45, 7) is 3.68. The molecular weight excluding hydrogens is 226 g/mol. The average molecular weight is 243 g/mol. The molecule has 0 aromatic carbocycles. The van der Waals surface area contributed by atoms with Gasteiger partial charge in [-0.3, -0.25) is 30.1 Å². The zero-order valence-electron chi connectivity index (χ0n) is 9.90. The van der Waals surface area contributed by atoms with Gasteiger partial charge in [-0.25, -0.2) is 0 Å². The number of amides is 2. The molecule has 7 heteroatoms. The molecule has 0 bridgehead atoms. The average Bonchev–Trinajstić information content (AvgIpc) is 2.56. The summed E-state index contributed by atoms with van der Waals surface area (Å²) in [4.78, 5) is 34.6. The zero-order valence-corrected chi connectivity index (χ0v) is 9.90. The van der Waals surface area contributed by atoms with Crippen LogP contribution in [-0.2, 0) is 14.4 Å². The number of rotatable bonds is 3. The lowest BCUT2D eigenvalue weighted by Crippen LogP contribution is -2.48. The smallest absolute Gasteiger partial charge is 0.321 e. The summed E-state index contributed by atoms with van der Waals surface area (Å²) in [5.41, 5.74) is 4.37. The van der Waals surface area contributed by atoms with Crippen LogP contribution in [0.25, 0.3) is 0 Å². The molecule has 17 heavy (non-hydrogen) atoms. The van der Waals surface area contributed by atoms with E-state index in [9.17, 15) is 14.4 Å². The van der Waals surface area contributed by atoms with Gasteiger partial charge >= 0.3 is 5.97 Å². The van der Waals surface area contributed by atoms with Crippen LogP contribution in [0.5, 0.6) is 0 Å². The predicted molar refractivity (Wildman–Crippen MR) is 58.7 cm³/mol. The molecule has 1 fully saturated rings. The number of hydrogen-bond donors (Lipinski definition) is 3. The van der Waals surface area contributed by atoms with E-state index >= 15 is 0 Å². The second-order valence-corrected chi connectivity index (χ2v) is 4.25. The van der Waals surface area contributed by atoms with Gasteiger partial charge in [0.1, 0.15) is 6.04 Å². The third-order valence-corrected chi connectivity index (χ3v) is 2.78. The van der Waals surface area contributed by atoms with Gasteiger partial charge in [0.15, 0.2) is 0 Å². The van der Waals surface area contributed by atoms with E-state index in [1.54, 1.807) is 4.90 Å². The number of hydrazine groups is 1. The summed E-state index contributed by atoms with van der Waals surface area (Å²) < 4.78 is 0. The Bertz CT molecular complexity index is 332. The number of carboxylic acids is 1. The number of aliphatic carboxylic acids is 1. The van der Waals surface area contributed by atoms with E-state index in [4.69, 9.17) is 5.11 Å². The highest BCUT2D eigenvalue weighted by molar-refractivity contribution is 5.83.